The minimum atomic E-state index is 0.649. The minimum Gasteiger partial charge on any atom is -0.385 e. The zero-order valence-corrected chi connectivity index (χ0v) is 11.3. The first-order valence-corrected chi connectivity index (χ1v) is 6.41. The maximum Gasteiger partial charge on any atom is 0.0992 e. The molecule has 0 atom stereocenters. The van der Waals surface area contributed by atoms with Crippen molar-refractivity contribution in [1.82, 2.24) is 4.98 Å². The van der Waals surface area contributed by atoms with Gasteiger partial charge in [-0.15, -0.1) is 0 Å². The highest BCUT2D eigenvalue weighted by atomic mass is 79.9. The van der Waals surface area contributed by atoms with Crippen LogP contribution in [0.25, 0.3) is 0 Å². The molecular formula is C14H12BrN3. The summed E-state index contributed by atoms with van der Waals surface area (Å²) in [6.07, 6.45) is 4.52. The van der Waals surface area contributed by atoms with Crippen LogP contribution in [0.4, 0.5) is 5.69 Å². The van der Waals surface area contributed by atoms with E-state index in [1.54, 1.807) is 18.5 Å². The van der Waals surface area contributed by atoms with E-state index in [-0.39, 0.29) is 0 Å². The van der Waals surface area contributed by atoms with Crippen molar-refractivity contribution in [2.45, 2.75) is 6.42 Å². The van der Waals surface area contributed by atoms with Crippen molar-refractivity contribution in [1.29, 1.82) is 5.26 Å². The number of nitrogens with one attached hydrogen (secondary N) is 1. The molecule has 0 radical (unpaired) electrons. The first-order chi connectivity index (χ1) is 8.78. The Morgan fingerprint density at radius 2 is 2.00 bits per heavy atom. The SMILES string of the molecule is N#Cc1cc(Br)cc(NCCc2ccncc2)c1. The van der Waals surface area contributed by atoms with Crippen molar-refractivity contribution in [3.8, 4) is 6.07 Å². The van der Waals surface area contributed by atoms with E-state index < -0.39 is 0 Å². The van der Waals surface area contributed by atoms with Crippen LogP contribution in [0, 0.1) is 11.3 Å². The van der Waals surface area contributed by atoms with Crippen LogP contribution in [0.5, 0.6) is 0 Å². The van der Waals surface area contributed by atoms with Gasteiger partial charge < -0.3 is 5.32 Å². The molecule has 1 heterocycles. The number of anilines is 1. The molecule has 0 spiro atoms. The van der Waals surface area contributed by atoms with E-state index in [0.717, 1.165) is 23.1 Å². The van der Waals surface area contributed by atoms with Gasteiger partial charge in [0.1, 0.15) is 0 Å². The highest BCUT2D eigenvalue weighted by molar-refractivity contribution is 9.10. The fourth-order valence-corrected chi connectivity index (χ4v) is 2.15. The highest BCUT2D eigenvalue weighted by Crippen LogP contribution is 2.19. The van der Waals surface area contributed by atoms with Gasteiger partial charge >= 0.3 is 0 Å². The summed E-state index contributed by atoms with van der Waals surface area (Å²) in [5.41, 5.74) is 2.85. The summed E-state index contributed by atoms with van der Waals surface area (Å²) >= 11 is 3.39. The zero-order chi connectivity index (χ0) is 12.8. The average molecular weight is 302 g/mol. The molecule has 1 aromatic heterocycles. The largest absolute Gasteiger partial charge is 0.385 e. The molecule has 4 heteroatoms. The van der Waals surface area contributed by atoms with Crippen LogP contribution >= 0.6 is 15.9 Å². The van der Waals surface area contributed by atoms with Crippen LogP contribution in [0.2, 0.25) is 0 Å². The first kappa shape index (κ1) is 12.6. The maximum absolute atomic E-state index is 8.88. The van der Waals surface area contributed by atoms with E-state index in [0.29, 0.717) is 5.56 Å². The monoisotopic (exact) mass is 301 g/mol. The van der Waals surface area contributed by atoms with E-state index in [1.807, 2.05) is 24.3 Å². The summed E-state index contributed by atoms with van der Waals surface area (Å²) < 4.78 is 0.910. The van der Waals surface area contributed by atoms with Gasteiger partial charge in [-0.1, -0.05) is 15.9 Å². The van der Waals surface area contributed by atoms with Crippen LogP contribution < -0.4 is 5.32 Å². The Kier molecular flexibility index (Phi) is 4.32. The molecule has 18 heavy (non-hydrogen) atoms. The topological polar surface area (TPSA) is 48.7 Å². The Labute approximate surface area is 115 Å². The molecule has 2 rings (SSSR count). The summed E-state index contributed by atoms with van der Waals surface area (Å²) in [6.45, 7) is 0.825. The van der Waals surface area contributed by atoms with Gasteiger partial charge in [0.15, 0.2) is 0 Å². The lowest BCUT2D eigenvalue weighted by molar-refractivity contribution is 1.01. The summed E-state index contributed by atoms with van der Waals surface area (Å²) in [6, 6.07) is 11.8. The summed E-state index contributed by atoms with van der Waals surface area (Å²) in [5.74, 6) is 0. The molecule has 0 bridgehead atoms. The van der Waals surface area contributed by atoms with E-state index >= 15 is 0 Å². The number of pyridine rings is 1. The summed E-state index contributed by atoms with van der Waals surface area (Å²) in [7, 11) is 0. The lowest BCUT2D eigenvalue weighted by atomic mass is 10.2. The van der Waals surface area contributed by atoms with Crippen LogP contribution in [-0.2, 0) is 6.42 Å². The van der Waals surface area contributed by atoms with Gasteiger partial charge in [-0.05, 0) is 42.3 Å². The third-order valence-electron chi connectivity index (χ3n) is 2.52. The van der Waals surface area contributed by atoms with Crippen molar-refractivity contribution < 1.29 is 0 Å². The van der Waals surface area contributed by atoms with Crippen LogP contribution in [0.1, 0.15) is 11.1 Å². The Balaban J connectivity index is 1.95. The minimum absolute atomic E-state index is 0.649. The van der Waals surface area contributed by atoms with Crippen molar-refractivity contribution in [3.05, 3.63) is 58.3 Å². The number of nitriles is 1. The quantitative estimate of drug-likeness (QED) is 0.942. The lowest BCUT2D eigenvalue weighted by Gasteiger charge is -2.07. The standard InChI is InChI=1S/C14H12BrN3/c15-13-7-12(10-16)8-14(9-13)18-6-3-11-1-4-17-5-2-11/h1-2,4-5,7-9,18H,3,6H2. The molecule has 0 aliphatic rings. The predicted octanol–water partition coefficient (Wildman–Crippen LogP) is 3.37. The second-order valence-corrected chi connectivity index (χ2v) is 4.79. The molecule has 1 aromatic carbocycles. The molecule has 0 unspecified atom stereocenters. The molecule has 0 saturated heterocycles. The fraction of sp³-hybridized carbons (Fsp3) is 0.143. The molecule has 1 N–H and O–H groups in total. The summed E-state index contributed by atoms with van der Waals surface area (Å²) in [4.78, 5) is 3.98. The Bertz CT molecular complexity index is 561. The number of halogens is 1. The van der Waals surface area contributed by atoms with Gasteiger partial charge in [-0.2, -0.15) is 5.26 Å². The second kappa shape index (κ2) is 6.18. The number of hydrogen-bond donors (Lipinski definition) is 1. The number of aromatic nitrogens is 1. The number of rotatable bonds is 4. The normalized spacial score (nSPS) is 9.78. The second-order valence-electron chi connectivity index (χ2n) is 3.87. The number of nitrogens with zero attached hydrogens (tertiary/aromatic N) is 2. The molecule has 0 fully saturated rings. The van der Waals surface area contributed by atoms with Crippen LogP contribution in [0.3, 0.4) is 0 Å². The van der Waals surface area contributed by atoms with E-state index in [1.165, 1.54) is 5.56 Å². The van der Waals surface area contributed by atoms with Gasteiger partial charge in [-0.25, -0.2) is 0 Å². The number of benzene rings is 1. The molecule has 3 nitrogen and oxygen atoms in total. The summed E-state index contributed by atoms with van der Waals surface area (Å²) in [5, 5.41) is 12.2. The molecule has 90 valence electrons. The van der Waals surface area contributed by atoms with Crippen molar-refractivity contribution in [3.63, 3.8) is 0 Å². The third kappa shape index (κ3) is 3.57. The van der Waals surface area contributed by atoms with Gasteiger partial charge in [0.2, 0.25) is 0 Å². The van der Waals surface area contributed by atoms with Crippen molar-refractivity contribution in [2.24, 2.45) is 0 Å². The zero-order valence-electron chi connectivity index (χ0n) is 9.73. The van der Waals surface area contributed by atoms with Gasteiger partial charge in [0.25, 0.3) is 0 Å². The lowest BCUT2D eigenvalue weighted by Crippen LogP contribution is -2.05. The molecule has 2 aromatic rings. The molecule has 0 saturated carbocycles. The van der Waals surface area contributed by atoms with Crippen molar-refractivity contribution in [2.75, 3.05) is 11.9 Å². The molecule has 0 aliphatic carbocycles. The smallest absolute Gasteiger partial charge is 0.0992 e. The van der Waals surface area contributed by atoms with E-state index in [4.69, 9.17) is 5.26 Å². The van der Waals surface area contributed by atoms with E-state index in [2.05, 4.69) is 32.3 Å². The van der Waals surface area contributed by atoms with Gasteiger partial charge in [0.05, 0.1) is 11.6 Å². The highest BCUT2D eigenvalue weighted by Gasteiger charge is 1.99. The van der Waals surface area contributed by atoms with E-state index in [9.17, 15) is 0 Å². The van der Waals surface area contributed by atoms with Crippen LogP contribution in [0.15, 0.2) is 47.2 Å². The maximum atomic E-state index is 8.88. The van der Waals surface area contributed by atoms with Crippen LogP contribution in [-0.4, -0.2) is 11.5 Å². The van der Waals surface area contributed by atoms with Gasteiger partial charge in [0, 0.05) is 29.1 Å². The molecule has 0 aliphatic heterocycles. The Morgan fingerprint density at radius 3 is 2.72 bits per heavy atom. The van der Waals surface area contributed by atoms with Crippen molar-refractivity contribution >= 4 is 21.6 Å². The Morgan fingerprint density at radius 1 is 1.22 bits per heavy atom. The predicted molar refractivity (Wildman–Crippen MR) is 75.3 cm³/mol. The molecule has 0 amide bonds. The Hall–Kier alpha value is -1.86. The number of hydrogen-bond acceptors (Lipinski definition) is 3. The fourth-order valence-electron chi connectivity index (χ4n) is 1.66. The average Bonchev–Trinajstić information content (AvgIpc) is 2.39. The first-order valence-electron chi connectivity index (χ1n) is 5.61. The third-order valence-corrected chi connectivity index (χ3v) is 2.98. The molecular weight excluding hydrogens is 290 g/mol. The van der Waals surface area contributed by atoms with Gasteiger partial charge in [-0.3, -0.25) is 4.98 Å².